The SMILES string of the molecule is C=C(C)C1CC(C(=O)OCC)=C(C(C)=O)O1. The fourth-order valence-electron chi connectivity index (χ4n) is 1.50. The fraction of sp³-hybridized carbons (Fsp3) is 0.500. The summed E-state index contributed by atoms with van der Waals surface area (Å²) in [6.07, 6.45) is 0.0709. The summed E-state index contributed by atoms with van der Waals surface area (Å²) in [5.41, 5.74) is 1.11. The molecule has 0 saturated heterocycles. The normalized spacial score (nSPS) is 19.3. The van der Waals surface area contributed by atoms with Crippen molar-refractivity contribution in [3.05, 3.63) is 23.5 Å². The number of allylic oxidation sites excluding steroid dienone is 1. The topological polar surface area (TPSA) is 52.6 Å². The van der Waals surface area contributed by atoms with Crippen molar-refractivity contribution < 1.29 is 19.1 Å². The van der Waals surface area contributed by atoms with E-state index in [1.807, 2.05) is 0 Å². The lowest BCUT2D eigenvalue weighted by Crippen LogP contribution is -2.10. The van der Waals surface area contributed by atoms with E-state index in [0.29, 0.717) is 12.0 Å². The van der Waals surface area contributed by atoms with Gasteiger partial charge in [0.15, 0.2) is 11.5 Å². The molecular formula is C12H16O4. The number of carbonyl (C=O) groups excluding carboxylic acids is 2. The first-order valence-electron chi connectivity index (χ1n) is 5.20. The molecule has 0 N–H and O–H groups in total. The highest BCUT2D eigenvalue weighted by atomic mass is 16.5. The summed E-state index contributed by atoms with van der Waals surface area (Å²) in [6.45, 7) is 8.93. The molecule has 0 aliphatic carbocycles. The average molecular weight is 224 g/mol. The number of ether oxygens (including phenoxy) is 2. The molecule has 1 aliphatic heterocycles. The molecule has 0 radical (unpaired) electrons. The first-order valence-corrected chi connectivity index (χ1v) is 5.20. The van der Waals surface area contributed by atoms with Gasteiger partial charge in [-0.3, -0.25) is 4.79 Å². The van der Waals surface area contributed by atoms with E-state index in [0.717, 1.165) is 5.57 Å². The Morgan fingerprint density at radius 2 is 2.12 bits per heavy atom. The Morgan fingerprint density at radius 1 is 1.50 bits per heavy atom. The van der Waals surface area contributed by atoms with Crippen molar-refractivity contribution in [2.24, 2.45) is 0 Å². The summed E-state index contributed by atoms with van der Waals surface area (Å²) >= 11 is 0. The third kappa shape index (κ3) is 2.51. The minimum Gasteiger partial charge on any atom is -0.481 e. The van der Waals surface area contributed by atoms with Crippen LogP contribution in [0, 0.1) is 0 Å². The van der Waals surface area contributed by atoms with Gasteiger partial charge in [-0.05, 0) is 19.4 Å². The van der Waals surface area contributed by atoms with Crippen molar-refractivity contribution in [3.8, 4) is 0 Å². The second-order valence-corrected chi connectivity index (χ2v) is 3.74. The summed E-state index contributed by atoms with van der Waals surface area (Å²) in [5.74, 6) is -0.616. The summed E-state index contributed by atoms with van der Waals surface area (Å²) < 4.78 is 10.3. The number of hydrogen-bond donors (Lipinski definition) is 0. The van der Waals surface area contributed by atoms with Gasteiger partial charge in [0.2, 0.25) is 0 Å². The molecule has 0 spiro atoms. The molecule has 4 heteroatoms. The van der Waals surface area contributed by atoms with E-state index in [9.17, 15) is 9.59 Å². The van der Waals surface area contributed by atoms with E-state index in [4.69, 9.17) is 9.47 Å². The molecular weight excluding hydrogens is 208 g/mol. The molecule has 0 aromatic carbocycles. The zero-order chi connectivity index (χ0) is 12.3. The van der Waals surface area contributed by atoms with Gasteiger partial charge in [0.25, 0.3) is 0 Å². The number of carbonyl (C=O) groups is 2. The molecule has 0 aromatic rings. The largest absolute Gasteiger partial charge is 0.481 e. The number of hydrogen-bond acceptors (Lipinski definition) is 4. The van der Waals surface area contributed by atoms with Gasteiger partial charge in [-0.15, -0.1) is 0 Å². The minimum atomic E-state index is -0.476. The van der Waals surface area contributed by atoms with Crippen LogP contribution in [0.4, 0.5) is 0 Å². The zero-order valence-corrected chi connectivity index (χ0v) is 9.83. The molecule has 0 fully saturated rings. The summed E-state index contributed by atoms with van der Waals surface area (Å²) in [5, 5.41) is 0. The van der Waals surface area contributed by atoms with Gasteiger partial charge < -0.3 is 9.47 Å². The molecule has 1 rings (SSSR count). The number of rotatable bonds is 4. The van der Waals surface area contributed by atoms with E-state index in [1.54, 1.807) is 13.8 Å². The molecule has 1 unspecified atom stereocenters. The van der Waals surface area contributed by atoms with Gasteiger partial charge in [-0.25, -0.2) is 4.79 Å². The van der Waals surface area contributed by atoms with Crippen LogP contribution in [0.1, 0.15) is 27.2 Å². The Morgan fingerprint density at radius 3 is 2.56 bits per heavy atom. The molecule has 0 bridgehead atoms. The number of esters is 1. The van der Waals surface area contributed by atoms with Crippen molar-refractivity contribution in [1.29, 1.82) is 0 Å². The second-order valence-electron chi connectivity index (χ2n) is 3.74. The van der Waals surface area contributed by atoms with E-state index in [-0.39, 0.29) is 24.3 Å². The molecule has 1 atom stereocenters. The monoisotopic (exact) mass is 224 g/mol. The molecule has 1 aliphatic rings. The molecule has 1 heterocycles. The van der Waals surface area contributed by atoms with Crippen molar-refractivity contribution in [2.45, 2.75) is 33.3 Å². The Kier molecular flexibility index (Phi) is 3.88. The van der Waals surface area contributed by atoms with Gasteiger partial charge in [0.1, 0.15) is 6.10 Å². The van der Waals surface area contributed by atoms with Crippen molar-refractivity contribution in [1.82, 2.24) is 0 Å². The van der Waals surface area contributed by atoms with Crippen molar-refractivity contribution >= 4 is 11.8 Å². The first kappa shape index (κ1) is 12.5. The Balaban J connectivity index is 2.92. The smallest absolute Gasteiger partial charge is 0.338 e. The van der Waals surface area contributed by atoms with E-state index in [2.05, 4.69) is 6.58 Å². The Bertz CT molecular complexity index is 365. The third-order valence-electron chi connectivity index (χ3n) is 2.31. The fourth-order valence-corrected chi connectivity index (χ4v) is 1.50. The maximum absolute atomic E-state index is 11.6. The van der Waals surface area contributed by atoms with Crippen LogP contribution in [0.2, 0.25) is 0 Å². The van der Waals surface area contributed by atoms with E-state index < -0.39 is 5.97 Å². The highest BCUT2D eigenvalue weighted by Gasteiger charge is 2.33. The van der Waals surface area contributed by atoms with Crippen LogP contribution in [0.25, 0.3) is 0 Å². The van der Waals surface area contributed by atoms with Gasteiger partial charge in [0.05, 0.1) is 12.2 Å². The number of ketones is 1. The zero-order valence-electron chi connectivity index (χ0n) is 9.83. The molecule has 16 heavy (non-hydrogen) atoms. The summed E-state index contributed by atoms with van der Waals surface area (Å²) in [6, 6.07) is 0. The predicted octanol–water partition coefficient (Wildman–Crippen LogP) is 1.76. The Labute approximate surface area is 94.9 Å². The average Bonchev–Trinajstić information content (AvgIpc) is 2.62. The Hall–Kier alpha value is -1.58. The lowest BCUT2D eigenvalue weighted by molar-refractivity contribution is -0.139. The summed E-state index contributed by atoms with van der Waals surface area (Å²) in [4.78, 5) is 22.9. The van der Waals surface area contributed by atoms with E-state index in [1.165, 1.54) is 6.92 Å². The lowest BCUT2D eigenvalue weighted by Gasteiger charge is -2.10. The standard InChI is InChI=1S/C12H16O4/c1-5-15-12(14)9-6-10(7(2)3)16-11(9)8(4)13/h10H,2,5-6H2,1,3-4H3. The van der Waals surface area contributed by atoms with Crippen molar-refractivity contribution in [2.75, 3.05) is 6.61 Å². The molecule has 4 nitrogen and oxygen atoms in total. The predicted molar refractivity (Wildman–Crippen MR) is 58.6 cm³/mol. The quantitative estimate of drug-likeness (QED) is 0.539. The van der Waals surface area contributed by atoms with Crippen LogP contribution >= 0.6 is 0 Å². The van der Waals surface area contributed by atoms with Crippen LogP contribution in [0.5, 0.6) is 0 Å². The highest BCUT2D eigenvalue weighted by molar-refractivity contribution is 6.02. The van der Waals surface area contributed by atoms with Crippen LogP contribution in [0.15, 0.2) is 23.5 Å². The molecule has 0 saturated carbocycles. The maximum atomic E-state index is 11.6. The molecule has 0 aromatic heterocycles. The number of Topliss-reactive ketones (excluding diaryl/α,β-unsaturated/α-hetero) is 1. The van der Waals surface area contributed by atoms with Crippen LogP contribution in [-0.2, 0) is 19.1 Å². The minimum absolute atomic E-state index is 0.117. The summed E-state index contributed by atoms with van der Waals surface area (Å²) in [7, 11) is 0. The highest BCUT2D eigenvalue weighted by Crippen LogP contribution is 2.30. The molecule has 0 amide bonds. The maximum Gasteiger partial charge on any atom is 0.338 e. The first-order chi connectivity index (χ1) is 7.47. The van der Waals surface area contributed by atoms with Gasteiger partial charge in [0, 0.05) is 13.3 Å². The molecule has 88 valence electrons. The third-order valence-corrected chi connectivity index (χ3v) is 2.31. The lowest BCUT2D eigenvalue weighted by atomic mass is 10.1. The second kappa shape index (κ2) is 4.96. The van der Waals surface area contributed by atoms with Crippen molar-refractivity contribution in [3.63, 3.8) is 0 Å². The van der Waals surface area contributed by atoms with Crippen LogP contribution < -0.4 is 0 Å². The van der Waals surface area contributed by atoms with Gasteiger partial charge in [-0.1, -0.05) is 6.58 Å². The van der Waals surface area contributed by atoms with Crippen LogP contribution in [0.3, 0.4) is 0 Å². The van der Waals surface area contributed by atoms with Gasteiger partial charge >= 0.3 is 5.97 Å². The van der Waals surface area contributed by atoms with Gasteiger partial charge in [-0.2, -0.15) is 0 Å². The van der Waals surface area contributed by atoms with E-state index >= 15 is 0 Å². The van der Waals surface area contributed by atoms with Crippen LogP contribution in [-0.4, -0.2) is 24.5 Å².